The number of fused-ring (bicyclic) bond motifs is 2. The van der Waals surface area contributed by atoms with Crippen LogP contribution in [-0.4, -0.2) is 87.1 Å². The molecule has 2 saturated heterocycles. The van der Waals surface area contributed by atoms with Crippen molar-refractivity contribution in [3.8, 4) is 17.0 Å². The van der Waals surface area contributed by atoms with E-state index in [1.165, 1.54) is 28.7 Å². The summed E-state index contributed by atoms with van der Waals surface area (Å²) in [5.41, 5.74) is 1.82. The summed E-state index contributed by atoms with van der Waals surface area (Å²) in [5, 5.41) is 7.41. The minimum absolute atomic E-state index is 0.0945. The summed E-state index contributed by atoms with van der Waals surface area (Å²) < 4.78 is 69.5. The molecule has 196 valence electrons. The Balaban J connectivity index is 1.32. The normalized spacial score (nSPS) is 21.1. The molecule has 0 bridgehead atoms. The standard InChI is InChI=1S/C24H25F4N7O2/c1-36-23-22-21(13-2-3-18-19(6-13)34(12-29-18)9-20(27)28)16(26)8-35(22)32-24(31-23)30-17-4-5-33(7-15(17)25)14-10-37-11-14/h2-3,6,8,12,14-15,17,20H,4-5,7,9-11H2,1H3,(H,30,32)/t15-,17+/m1/s1. The van der Waals surface area contributed by atoms with Crippen molar-refractivity contribution < 1.29 is 27.0 Å². The van der Waals surface area contributed by atoms with E-state index in [1.807, 2.05) is 0 Å². The maximum atomic E-state index is 15.3. The Hall–Kier alpha value is -3.45. The van der Waals surface area contributed by atoms with Crippen LogP contribution in [0.2, 0.25) is 0 Å². The molecule has 2 atom stereocenters. The lowest BCUT2D eigenvalue weighted by molar-refractivity contribution is -0.0794. The van der Waals surface area contributed by atoms with Crippen LogP contribution in [0.1, 0.15) is 6.42 Å². The topological polar surface area (TPSA) is 81.7 Å². The number of piperidine rings is 1. The molecule has 2 aliphatic heterocycles. The molecule has 4 aromatic rings. The molecule has 6 rings (SSSR count). The zero-order chi connectivity index (χ0) is 25.7. The highest BCUT2D eigenvalue weighted by atomic mass is 19.3. The quantitative estimate of drug-likeness (QED) is 0.375. The first-order valence-electron chi connectivity index (χ1n) is 12.0. The van der Waals surface area contributed by atoms with Gasteiger partial charge in [-0.3, -0.25) is 4.90 Å². The van der Waals surface area contributed by atoms with Crippen LogP contribution in [0, 0.1) is 5.82 Å². The van der Waals surface area contributed by atoms with E-state index < -0.39 is 31.0 Å². The highest BCUT2D eigenvalue weighted by molar-refractivity contribution is 5.90. The van der Waals surface area contributed by atoms with Gasteiger partial charge in [-0.1, -0.05) is 6.07 Å². The Labute approximate surface area is 209 Å². The lowest BCUT2D eigenvalue weighted by atomic mass is 10.0. The highest BCUT2D eigenvalue weighted by Gasteiger charge is 2.36. The number of alkyl halides is 3. The molecule has 13 heteroatoms. The second kappa shape index (κ2) is 9.45. The number of anilines is 1. The average Bonchev–Trinajstić information content (AvgIpc) is 3.38. The fraction of sp³-hybridized carbons (Fsp3) is 0.458. The number of rotatable bonds is 7. The summed E-state index contributed by atoms with van der Waals surface area (Å²) in [5.74, 6) is -0.384. The van der Waals surface area contributed by atoms with Crippen LogP contribution in [-0.2, 0) is 11.3 Å². The molecule has 5 heterocycles. The van der Waals surface area contributed by atoms with Crippen LogP contribution in [0.5, 0.6) is 5.88 Å². The lowest BCUT2D eigenvalue weighted by Crippen LogP contribution is -2.57. The van der Waals surface area contributed by atoms with E-state index >= 15 is 4.39 Å². The number of halogens is 4. The van der Waals surface area contributed by atoms with Crippen LogP contribution < -0.4 is 10.1 Å². The molecule has 0 spiro atoms. The van der Waals surface area contributed by atoms with Crippen molar-refractivity contribution >= 4 is 22.5 Å². The number of benzene rings is 1. The van der Waals surface area contributed by atoms with Gasteiger partial charge >= 0.3 is 0 Å². The van der Waals surface area contributed by atoms with E-state index in [1.54, 1.807) is 18.2 Å². The molecular weight excluding hydrogens is 494 g/mol. The lowest BCUT2D eigenvalue weighted by Gasteiger charge is -2.42. The van der Waals surface area contributed by atoms with E-state index in [4.69, 9.17) is 9.47 Å². The Morgan fingerprint density at radius 2 is 2.11 bits per heavy atom. The molecule has 3 aromatic heterocycles. The van der Waals surface area contributed by atoms with Crippen molar-refractivity contribution in [3.05, 3.63) is 36.5 Å². The van der Waals surface area contributed by atoms with Gasteiger partial charge in [-0.15, -0.1) is 5.10 Å². The Morgan fingerprint density at radius 3 is 2.81 bits per heavy atom. The van der Waals surface area contributed by atoms with Gasteiger partial charge in [0.1, 0.15) is 11.7 Å². The van der Waals surface area contributed by atoms with Crippen LogP contribution >= 0.6 is 0 Å². The number of methoxy groups -OCH3 is 1. The van der Waals surface area contributed by atoms with Gasteiger partial charge < -0.3 is 19.4 Å². The molecule has 0 amide bonds. The first-order chi connectivity index (χ1) is 17.9. The Bertz CT molecular complexity index is 1440. The number of nitrogens with zero attached hydrogens (tertiary/aromatic N) is 6. The maximum Gasteiger partial charge on any atom is 0.256 e. The van der Waals surface area contributed by atoms with Crippen molar-refractivity contribution in [2.24, 2.45) is 0 Å². The Kier molecular flexibility index (Phi) is 6.11. The van der Waals surface area contributed by atoms with Crippen LogP contribution in [0.25, 0.3) is 27.7 Å². The molecule has 37 heavy (non-hydrogen) atoms. The number of hydrogen-bond donors (Lipinski definition) is 1. The van der Waals surface area contributed by atoms with Crippen molar-refractivity contribution in [1.29, 1.82) is 0 Å². The van der Waals surface area contributed by atoms with Crippen molar-refractivity contribution in [1.82, 2.24) is 29.0 Å². The van der Waals surface area contributed by atoms with Gasteiger partial charge in [-0.25, -0.2) is 27.1 Å². The molecule has 2 fully saturated rings. The molecular formula is C24H25F4N7O2. The number of hydrogen-bond acceptors (Lipinski definition) is 7. The van der Waals surface area contributed by atoms with E-state index in [2.05, 4.69) is 25.3 Å². The van der Waals surface area contributed by atoms with Gasteiger partial charge in [0.05, 0.1) is 68.1 Å². The molecule has 0 radical (unpaired) electrons. The van der Waals surface area contributed by atoms with Gasteiger partial charge in [0.15, 0.2) is 5.82 Å². The van der Waals surface area contributed by atoms with Crippen LogP contribution in [0.3, 0.4) is 0 Å². The second-order valence-corrected chi connectivity index (χ2v) is 9.32. The SMILES string of the molecule is COc1nc(N[C@H]2CCN(C3COC3)C[C@H]2F)nn2cc(F)c(-c3ccc4ncn(CC(F)F)c4c3)c12. The summed E-state index contributed by atoms with van der Waals surface area (Å²) in [6.07, 6.45) is -0.623. The van der Waals surface area contributed by atoms with E-state index in [0.29, 0.717) is 36.2 Å². The van der Waals surface area contributed by atoms with E-state index in [0.717, 1.165) is 6.54 Å². The van der Waals surface area contributed by atoms with E-state index in [-0.39, 0.29) is 35.5 Å². The van der Waals surface area contributed by atoms with Gasteiger partial charge in [-0.05, 0) is 24.1 Å². The second-order valence-electron chi connectivity index (χ2n) is 9.32. The van der Waals surface area contributed by atoms with Crippen LogP contribution in [0.15, 0.2) is 30.7 Å². The number of ether oxygens (including phenoxy) is 2. The molecule has 0 aliphatic carbocycles. The largest absolute Gasteiger partial charge is 0.479 e. The third-order valence-electron chi connectivity index (χ3n) is 7.01. The summed E-state index contributed by atoms with van der Waals surface area (Å²) >= 11 is 0. The third kappa shape index (κ3) is 4.35. The summed E-state index contributed by atoms with van der Waals surface area (Å²) in [7, 11) is 1.40. The fourth-order valence-corrected chi connectivity index (χ4v) is 5.03. The zero-order valence-electron chi connectivity index (χ0n) is 20.0. The van der Waals surface area contributed by atoms with Gasteiger partial charge in [-0.2, -0.15) is 4.98 Å². The highest BCUT2D eigenvalue weighted by Crippen LogP contribution is 2.35. The first kappa shape index (κ1) is 23.9. The minimum atomic E-state index is -2.56. The number of nitrogens with one attached hydrogen (secondary N) is 1. The van der Waals surface area contributed by atoms with Gasteiger partial charge in [0, 0.05) is 13.1 Å². The fourth-order valence-electron chi connectivity index (χ4n) is 5.03. The number of aromatic nitrogens is 5. The van der Waals surface area contributed by atoms with Crippen molar-refractivity contribution in [2.75, 3.05) is 38.7 Å². The molecule has 1 N–H and O–H groups in total. The molecule has 1 aromatic carbocycles. The molecule has 9 nitrogen and oxygen atoms in total. The minimum Gasteiger partial charge on any atom is -0.479 e. The summed E-state index contributed by atoms with van der Waals surface area (Å²) in [4.78, 5) is 10.6. The molecule has 2 aliphatic rings. The van der Waals surface area contributed by atoms with Crippen LogP contribution in [0.4, 0.5) is 23.5 Å². The van der Waals surface area contributed by atoms with Gasteiger partial charge in [0.25, 0.3) is 6.43 Å². The van der Waals surface area contributed by atoms with Crippen molar-refractivity contribution in [2.45, 2.75) is 37.6 Å². The molecule has 0 unspecified atom stereocenters. The van der Waals surface area contributed by atoms with E-state index in [9.17, 15) is 13.2 Å². The average molecular weight is 520 g/mol. The predicted octanol–water partition coefficient (Wildman–Crippen LogP) is 3.38. The first-order valence-corrected chi connectivity index (χ1v) is 12.0. The number of imidazole rings is 1. The number of likely N-dealkylation sites (tertiary alicyclic amines) is 1. The summed E-state index contributed by atoms with van der Waals surface area (Å²) in [6, 6.07) is 4.66. The maximum absolute atomic E-state index is 15.3. The molecule has 0 saturated carbocycles. The third-order valence-corrected chi connectivity index (χ3v) is 7.01. The zero-order valence-corrected chi connectivity index (χ0v) is 20.0. The monoisotopic (exact) mass is 519 g/mol. The predicted molar refractivity (Wildman–Crippen MR) is 127 cm³/mol. The Morgan fingerprint density at radius 1 is 1.27 bits per heavy atom. The summed E-state index contributed by atoms with van der Waals surface area (Å²) in [6.45, 7) is 1.75. The smallest absolute Gasteiger partial charge is 0.256 e. The van der Waals surface area contributed by atoms with Gasteiger partial charge in [0.2, 0.25) is 11.8 Å². The van der Waals surface area contributed by atoms with Crippen molar-refractivity contribution in [3.63, 3.8) is 0 Å².